The van der Waals surface area contributed by atoms with Gasteiger partial charge in [-0.2, -0.15) is 0 Å². The van der Waals surface area contributed by atoms with Gasteiger partial charge in [-0.25, -0.2) is 0 Å². The summed E-state index contributed by atoms with van der Waals surface area (Å²) in [7, 11) is 2.22. The quantitative estimate of drug-likeness (QED) is 0.733. The second kappa shape index (κ2) is 7.44. The van der Waals surface area contributed by atoms with Gasteiger partial charge in [-0.15, -0.1) is 0 Å². The summed E-state index contributed by atoms with van der Waals surface area (Å²) < 4.78 is 0. The topological polar surface area (TPSA) is 20.3 Å². The lowest BCUT2D eigenvalue weighted by atomic mass is 9.86. The zero-order chi connectivity index (χ0) is 13.6. The smallest absolute Gasteiger partial charge is 0.106 e. The van der Waals surface area contributed by atoms with Crippen LogP contribution in [-0.4, -0.2) is 31.8 Å². The molecule has 2 heteroatoms. The number of rotatable bonds is 2. The molecule has 1 aliphatic rings. The third kappa shape index (κ3) is 4.47. The van der Waals surface area contributed by atoms with Crippen LogP contribution in [0.3, 0.4) is 0 Å². The Morgan fingerprint density at radius 2 is 1.76 bits per heavy atom. The standard InChI is InChI=1S/C14H25N.CH2O/c1-10(2)12(5)13-7-8-15(6)9-14(13)11(3)4;1-2/h11H,7-9H2,1-6H3;1H2. The third-order valence-electron chi connectivity index (χ3n) is 3.47. The largest absolute Gasteiger partial charge is 0.307 e. The first-order valence-corrected chi connectivity index (χ1v) is 6.27. The molecule has 0 amide bonds. The van der Waals surface area contributed by atoms with Crippen LogP contribution in [0.15, 0.2) is 22.3 Å². The van der Waals surface area contributed by atoms with E-state index >= 15 is 0 Å². The van der Waals surface area contributed by atoms with E-state index in [0.717, 1.165) is 6.54 Å². The van der Waals surface area contributed by atoms with Crippen LogP contribution in [0.4, 0.5) is 0 Å². The molecule has 0 aliphatic carbocycles. The maximum atomic E-state index is 8.00. The second-order valence-electron chi connectivity index (χ2n) is 5.27. The zero-order valence-corrected chi connectivity index (χ0v) is 12.3. The van der Waals surface area contributed by atoms with E-state index in [1.54, 1.807) is 11.1 Å². The van der Waals surface area contributed by atoms with Gasteiger partial charge in [-0.3, -0.25) is 0 Å². The van der Waals surface area contributed by atoms with Gasteiger partial charge in [0.25, 0.3) is 0 Å². The predicted octanol–water partition coefficient (Wildman–Crippen LogP) is 3.45. The van der Waals surface area contributed by atoms with Crippen LogP contribution >= 0.6 is 0 Å². The maximum absolute atomic E-state index is 8.00. The molecular formula is C15H27NO. The van der Waals surface area contributed by atoms with Crippen LogP contribution < -0.4 is 0 Å². The monoisotopic (exact) mass is 237 g/mol. The van der Waals surface area contributed by atoms with E-state index < -0.39 is 0 Å². The molecule has 0 radical (unpaired) electrons. The Morgan fingerprint density at radius 3 is 2.18 bits per heavy atom. The fourth-order valence-electron chi connectivity index (χ4n) is 2.19. The average molecular weight is 237 g/mol. The van der Waals surface area contributed by atoms with E-state index in [0.29, 0.717) is 5.92 Å². The van der Waals surface area contributed by atoms with E-state index in [9.17, 15) is 0 Å². The van der Waals surface area contributed by atoms with Crippen molar-refractivity contribution in [2.24, 2.45) is 5.92 Å². The Labute approximate surface area is 106 Å². The van der Waals surface area contributed by atoms with E-state index in [4.69, 9.17) is 4.79 Å². The summed E-state index contributed by atoms with van der Waals surface area (Å²) in [4.78, 5) is 10.4. The van der Waals surface area contributed by atoms with Gasteiger partial charge < -0.3 is 9.69 Å². The van der Waals surface area contributed by atoms with Gasteiger partial charge in [0.2, 0.25) is 0 Å². The SMILES string of the molecule is C=O.CC(C)=C(C)C1=C(C(C)C)CN(C)CC1. The summed E-state index contributed by atoms with van der Waals surface area (Å²) in [6.07, 6.45) is 1.22. The molecule has 1 aliphatic heterocycles. The van der Waals surface area contributed by atoms with Crippen LogP contribution in [0.5, 0.6) is 0 Å². The van der Waals surface area contributed by atoms with Crippen LogP contribution in [0.25, 0.3) is 0 Å². The van der Waals surface area contributed by atoms with Gasteiger partial charge in [0.1, 0.15) is 6.79 Å². The van der Waals surface area contributed by atoms with Gasteiger partial charge >= 0.3 is 0 Å². The van der Waals surface area contributed by atoms with E-state index in [2.05, 4.69) is 46.6 Å². The Balaban J connectivity index is 0.00000121. The summed E-state index contributed by atoms with van der Waals surface area (Å²) in [6.45, 7) is 15.7. The number of hydrogen-bond acceptors (Lipinski definition) is 2. The van der Waals surface area contributed by atoms with Crippen molar-refractivity contribution >= 4 is 6.79 Å². The Bertz CT molecular complexity index is 309. The molecule has 2 nitrogen and oxygen atoms in total. The van der Waals surface area contributed by atoms with Crippen molar-refractivity contribution in [3.05, 3.63) is 22.3 Å². The summed E-state index contributed by atoms with van der Waals surface area (Å²) in [5.41, 5.74) is 6.25. The van der Waals surface area contributed by atoms with Crippen molar-refractivity contribution in [2.45, 2.75) is 41.0 Å². The van der Waals surface area contributed by atoms with Crippen molar-refractivity contribution in [2.75, 3.05) is 20.1 Å². The minimum absolute atomic E-state index is 0.678. The highest BCUT2D eigenvalue weighted by Gasteiger charge is 2.19. The first-order chi connectivity index (χ1) is 7.93. The van der Waals surface area contributed by atoms with Crippen molar-refractivity contribution < 1.29 is 4.79 Å². The fraction of sp³-hybridized carbons (Fsp3) is 0.667. The van der Waals surface area contributed by atoms with Crippen LogP contribution in [0.1, 0.15) is 41.0 Å². The maximum Gasteiger partial charge on any atom is 0.106 e. The molecule has 0 saturated carbocycles. The molecule has 0 bridgehead atoms. The number of carbonyl (C=O) groups excluding carboxylic acids is 1. The molecule has 0 saturated heterocycles. The second-order valence-corrected chi connectivity index (χ2v) is 5.27. The van der Waals surface area contributed by atoms with Crippen LogP contribution in [0.2, 0.25) is 0 Å². The minimum Gasteiger partial charge on any atom is -0.307 e. The fourth-order valence-corrected chi connectivity index (χ4v) is 2.19. The molecule has 0 aromatic carbocycles. The number of hydrogen-bond donors (Lipinski definition) is 0. The lowest BCUT2D eigenvalue weighted by Gasteiger charge is -2.31. The molecule has 0 fully saturated rings. The minimum atomic E-state index is 0.678. The zero-order valence-electron chi connectivity index (χ0n) is 12.3. The highest BCUT2D eigenvalue weighted by molar-refractivity contribution is 5.39. The van der Waals surface area contributed by atoms with Crippen molar-refractivity contribution in [3.63, 3.8) is 0 Å². The first kappa shape index (κ1) is 16.1. The Hall–Kier alpha value is -0.890. The highest BCUT2D eigenvalue weighted by Crippen LogP contribution is 2.29. The number of likely N-dealkylation sites (N-methyl/N-ethyl adjacent to an activating group) is 1. The van der Waals surface area contributed by atoms with Gasteiger partial charge in [0.05, 0.1) is 0 Å². The predicted molar refractivity (Wildman–Crippen MR) is 75.1 cm³/mol. The molecule has 0 spiro atoms. The first-order valence-electron chi connectivity index (χ1n) is 6.27. The average Bonchev–Trinajstić information content (AvgIpc) is 2.30. The molecule has 0 N–H and O–H groups in total. The van der Waals surface area contributed by atoms with Crippen molar-refractivity contribution in [1.82, 2.24) is 4.90 Å². The third-order valence-corrected chi connectivity index (χ3v) is 3.47. The molecule has 0 atom stereocenters. The molecule has 98 valence electrons. The molecule has 17 heavy (non-hydrogen) atoms. The van der Waals surface area contributed by atoms with Crippen LogP contribution in [-0.2, 0) is 4.79 Å². The van der Waals surface area contributed by atoms with Crippen molar-refractivity contribution in [3.8, 4) is 0 Å². The molecule has 0 aromatic heterocycles. The summed E-state index contributed by atoms with van der Waals surface area (Å²) in [5, 5.41) is 0. The van der Waals surface area contributed by atoms with Crippen LogP contribution in [0, 0.1) is 5.92 Å². The lowest BCUT2D eigenvalue weighted by molar-refractivity contribution is -0.0979. The van der Waals surface area contributed by atoms with Gasteiger partial charge in [-0.1, -0.05) is 25.0 Å². The van der Waals surface area contributed by atoms with E-state index in [-0.39, 0.29) is 0 Å². The number of nitrogens with zero attached hydrogens (tertiary/aromatic N) is 1. The molecule has 1 rings (SSSR count). The Morgan fingerprint density at radius 1 is 1.24 bits per heavy atom. The van der Waals surface area contributed by atoms with Gasteiger partial charge in [-0.05, 0) is 51.3 Å². The lowest BCUT2D eigenvalue weighted by Crippen LogP contribution is -2.30. The normalized spacial score (nSPS) is 16.6. The molecular weight excluding hydrogens is 210 g/mol. The summed E-state index contributed by atoms with van der Waals surface area (Å²) in [5.74, 6) is 0.678. The number of carbonyl (C=O) groups is 1. The van der Waals surface area contributed by atoms with Crippen molar-refractivity contribution in [1.29, 1.82) is 0 Å². The van der Waals surface area contributed by atoms with Gasteiger partial charge in [0, 0.05) is 13.1 Å². The van der Waals surface area contributed by atoms with E-state index in [1.165, 1.54) is 24.1 Å². The molecule has 0 unspecified atom stereocenters. The number of allylic oxidation sites excluding steroid dienone is 2. The molecule has 0 aromatic rings. The summed E-state index contributed by atoms with van der Waals surface area (Å²) in [6, 6.07) is 0. The Kier molecular flexibility index (Phi) is 7.05. The highest BCUT2D eigenvalue weighted by atomic mass is 16.1. The van der Waals surface area contributed by atoms with E-state index in [1.807, 2.05) is 6.79 Å². The summed E-state index contributed by atoms with van der Waals surface area (Å²) >= 11 is 0. The van der Waals surface area contributed by atoms with Gasteiger partial charge in [0.15, 0.2) is 0 Å². The molecule has 1 heterocycles.